The van der Waals surface area contributed by atoms with Crippen molar-refractivity contribution < 1.29 is 16.8 Å². The molecule has 0 aliphatic carbocycles. The van der Waals surface area contributed by atoms with Gasteiger partial charge in [0.05, 0.1) is 9.79 Å². The van der Waals surface area contributed by atoms with Gasteiger partial charge in [0.1, 0.15) is 0 Å². The number of rotatable bonds is 7. The fraction of sp³-hybridized carbons (Fsp3) is 0.200. The third-order valence-electron chi connectivity index (χ3n) is 6.35. The highest BCUT2D eigenvalue weighted by Crippen LogP contribution is 2.28. The van der Waals surface area contributed by atoms with Crippen molar-refractivity contribution in [1.29, 1.82) is 0 Å². The maximum atomic E-state index is 13.1. The summed E-state index contributed by atoms with van der Waals surface area (Å²) in [5.74, 6) is 0. The topological polar surface area (TPSA) is 92.3 Å². The summed E-state index contributed by atoms with van der Waals surface area (Å²) in [5.41, 5.74) is 7.51. The van der Waals surface area contributed by atoms with E-state index >= 15 is 0 Å². The molecule has 4 rings (SSSR count). The zero-order chi connectivity index (χ0) is 27.8. The van der Waals surface area contributed by atoms with Gasteiger partial charge < -0.3 is 0 Å². The minimum absolute atomic E-state index is 0.293. The normalized spacial score (nSPS) is 11.8. The van der Waals surface area contributed by atoms with Gasteiger partial charge in [0, 0.05) is 11.4 Å². The lowest BCUT2D eigenvalue weighted by Crippen LogP contribution is -2.16. The second kappa shape index (κ2) is 10.3. The van der Waals surface area contributed by atoms with E-state index in [4.69, 9.17) is 0 Å². The van der Waals surface area contributed by atoms with Crippen LogP contribution >= 0.6 is 0 Å². The van der Waals surface area contributed by atoms with Crippen LogP contribution in [-0.4, -0.2) is 16.8 Å². The Morgan fingerprint density at radius 1 is 0.447 bits per heavy atom. The maximum Gasteiger partial charge on any atom is 0.262 e. The summed E-state index contributed by atoms with van der Waals surface area (Å²) in [6.45, 7) is 11.1. The van der Waals surface area contributed by atoms with Crippen LogP contribution in [0.4, 0.5) is 11.4 Å². The first-order valence-electron chi connectivity index (χ1n) is 12.2. The van der Waals surface area contributed by atoms with E-state index in [-0.39, 0.29) is 0 Å². The monoisotopic (exact) mass is 548 g/mol. The smallest absolute Gasteiger partial charge is 0.262 e. The van der Waals surface area contributed by atoms with Gasteiger partial charge in [0.25, 0.3) is 20.0 Å². The Morgan fingerprint density at radius 3 is 0.974 bits per heavy atom. The Morgan fingerprint density at radius 2 is 0.711 bits per heavy atom. The highest BCUT2D eigenvalue weighted by molar-refractivity contribution is 7.93. The number of sulfonamides is 2. The first kappa shape index (κ1) is 27.4. The molecule has 8 heteroatoms. The summed E-state index contributed by atoms with van der Waals surface area (Å²) in [4.78, 5) is 0.586. The number of hydrogen-bond donors (Lipinski definition) is 2. The van der Waals surface area contributed by atoms with Crippen LogP contribution in [-0.2, 0) is 20.0 Å². The van der Waals surface area contributed by atoms with Gasteiger partial charge >= 0.3 is 0 Å². The zero-order valence-electron chi connectivity index (χ0n) is 22.4. The molecule has 0 heterocycles. The molecule has 4 aromatic carbocycles. The fourth-order valence-electron chi connectivity index (χ4n) is 5.06. The van der Waals surface area contributed by atoms with Gasteiger partial charge in [-0.2, -0.15) is 0 Å². The summed E-state index contributed by atoms with van der Waals surface area (Å²) in [7, 11) is -7.48. The van der Waals surface area contributed by atoms with Crippen LogP contribution < -0.4 is 9.44 Å². The second-order valence-electron chi connectivity index (χ2n) is 9.82. The number of nitrogens with one attached hydrogen (secondary N) is 2. The van der Waals surface area contributed by atoms with E-state index < -0.39 is 20.0 Å². The van der Waals surface area contributed by atoms with Crippen molar-refractivity contribution >= 4 is 31.4 Å². The SMILES string of the molecule is Cc1cc(C)c(S(=O)(=O)Nc2ccc(-c3ccc(NS(=O)(=O)c4c(C)cc(C)cc4C)cc3)cc2)c(C)c1. The minimum Gasteiger partial charge on any atom is -0.280 e. The summed E-state index contributed by atoms with van der Waals surface area (Å²) >= 11 is 0. The largest absolute Gasteiger partial charge is 0.280 e. The average molecular weight is 549 g/mol. The number of benzene rings is 4. The maximum absolute atomic E-state index is 13.1. The van der Waals surface area contributed by atoms with Crippen molar-refractivity contribution in [2.45, 2.75) is 51.3 Å². The molecule has 4 aromatic rings. The van der Waals surface area contributed by atoms with Crippen LogP contribution in [0.5, 0.6) is 0 Å². The van der Waals surface area contributed by atoms with Crippen LogP contribution in [0.2, 0.25) is 0 Å². The second-order valence-corrected chi connectivity index (χ2v) is 13.1. The molecule has 0 unspecified atom stereocenters. The number of aryl methyl sites for hydroxylation is 6. The van der Waals surface area contributed by atoms with Gasteiger partial charge in [-0.05, 0) is 99.2 Å². The Balaban J connectivity index is 1.51. The molecule has 0 aliphatic rings. The predicted molar refractivity (Wildman–Crippen MR) is 155 cm³/mol. The molecule has 38 heavy (non-hydrogen) atoms. The Labute approximate surface area is 225 Å². The molecule has 0 aliphatic heterocycles. The lowest BCUT2D eigenvalue weighted by molar-refractivity contribution is 0.598. The minimum atomic E-state index is -3.74. The van der Waals surface area contributed by atoms with E-state index in [1.165, 1.54) is 0 Å². The first-order chi connectivity index (χ1) is 17.8. The molecular weight excluding hydrogens is 516 g/mol. The molecule has 2 N–H and O–H groups in total. The van der Waals surface area contributed by atoms with Crippen molar-refractivity contribution in [1.82, 2.24) is 0 Å². The van der Waals surface area contributed by atoms with Crippen LogP contribution in [0.1, 0.15) is 33.4 Å². The van der Waals surface area contributed by atoms with Crippen LogP contribution in [0.25, 0.3) is 11.1 Å². The Bertz CT molecular complexity index is 1550. The molecule has 0 spiro atoms. The predicted octanol–water partition coefficient (Wildman–Crippen LogP) is 6.81. The molecule has 0 bridgehead atoms. The molecule has 0 fully saturated rings. The van der Waals surface area contributed by atoms with Gasteiger partial charge in [0.15, 0.2) is 0 Å². The highest BCUT2D eigenvalue weighted by Gasteiger charge is 2.21. The number of hydrogen-bond acceptors (Lipinski definition) is 4. The van der Waals surface area contributed by atoms with Gasteiger partial charge in [-0.3, -0.25) is 9.44 Å². The van der Waals surface area contributed by atoms with Crippen LogP contribution in [0, 0.1) is 41.5 Å². The summed E-state index contributed by atoms with van der Waals surface area (Å²) < 4.78 is 57.6. The lowest BCUT2D eigenvalue weighted by atomic mass is 10.1. The van der Waals surface area contributed by atoms with Gasteiger partial charge in [-0.1, -0.05) is 59.7 Å². The molecule has 0 amide bonds. The van der Waals surface area contributed by atoms with Crippen molar-refractivity contribution in [3.05, 3.63) is 106 Å². The van der Waals surface area contributed by atoms with Crippen molar-refractivity contribution in [2.75, 3.05) is 9.44 Å². The van der Waals surface area contributed by atoms with E-state index in [0.29, 0.717) is 43.4 Å². The summed E-state index contributed by atoms with van der Waals surface area (Å²) in [6.07, 6.45) is 0. The van der Waals surface area contributed by atoms with E-state index in [2.05, 4.69) is 9.44 Å². The summed E-state index contributed by atoms with van der Waals surface area (Å²) in [6, 6.07) is 21.6. The first-order valence-corrected chi connectivity index (χ1v) is 15.2. The van der Waals surface area contributed by atoms with Crippen LogP contribution in [0.3, 0.4) is 0 Å². The molecule has 6 nitrogen and oxygen atoms in total. The molecule has 0 atom stereocenters. The molecule has 0 saturated heterocycles. The van der Waals surface area contributed by atoms with Gasteiger partial charge in [0.2, 0.25) is 0 Å². The lowest BCUT2D eigenvalue weighted by Gasteiger charge is -2.15. The third kappa shape index (κ3) is 5.76. The van der Waals surface area contributed by atoms with Crippen molar-refractivity contribution in [2.24, 2.45) is 0 Å². The fourth-order valence-corrected chi connectivity index (χ4v) is 8.08. The molecule has 0 aromatic heterocycles. The highest BCUT2D eigenvalue weighted by atomic mass is 32.2. The summed E-state index contributed by atoms with van der Waals surface area (Å²) in [5, 5.41) is 0. The van der Waals surface area contributed by atoms with Crippen LogP contribution in [0.15, 0.2) is 82.6 Å². The quantitative estimate of drug-likeness (QED) is 0.265. The van der Waals surface area contributed by atoms with Crippen molar-refractivity contribution in [3.8, 4) is 11.1 Å². The van der Waals surface area contributed by atoms with E-state index in [1.54, 1.807) is 52.0 Å². The van der Waals surface area contributed by atoms with Gasteiger partial charge in [-0.25, -0.2) is 16.8 Å². The Kier molecular flexibility index (Phi) is 7.41. The molecule has 0 radical (unpaired) electrons. The third-order valence-corrected chi connectivity index (χ3v) is 9.73. The number of anilines is 2. The Hall–Kier alpha value is -3.62. The standard InChI is InChI=1S/C30H32N2O4S2/c1-19-15-21(3)29(22(4)16-19)37(33,34)31-27-11-7-25(8-12-27)26-9-13-28(14-10-26)32-38(35,36)30-23(5)17-20(2)18-24(30)6/h7-18,31-32H,1-6H3. The molecule has 198 valence electrons. The van der Waals surface area contributed by atoms with E-state index in [0.717, 1.165) is 22.3 Å². The zero-order valence-corrected chi connectivity index (χ0v) is 24.0. The average Bonchev–Trinajstić information content (AvgIpc) is 2.77. The molecular formula is C30H32N2O4S2. The van der Waals surface area contributed by atoms with E-state index in [1.807, 2.05) is 62.4 Å². The van der Waals surface area contributed by atoms with Gasteiger partial charge in [-0.15, -0.1) is 0 Å². The van der Waals surface area contributed by atoms with E-state index in [9.17, 15) is 16.8 Å². The molecule has 0 saturated carbocycles. The van der Waals surface area contributed by atoms with Crippen molar-refractivity contribution in [3.63, 3.8) is 0 Å².